The van der Waals surface area contributed by atoms with Gasteiger partial charge in [0.05, 0.1) is 41.4 Å². The van der Waals surface area contributed by atoms with Crippen LogP contribution in [-0.2, 0) is 19.2 Å². The van der Waals surface area contributed by atoms with Gasteiger partial charge >= 0.3 is 6.03 Å². The molecule has 3 fully saturated rings. The third-order valence-corrected chi connectivity index (χ3v) is 11.5. The van der Waals surface area contributed by atoms with Crippen molar-refractivity contribution in [2.24, 2.45) is 0 Å². The number of anilines is 2. The average Bonchev–Trinajstić information content (AvgIpc) is 3.61. The van der Waals surface area contributed by atoms with Crippen molar-refractivity contribution in [2.75, 3.05) is 36.6 Å². The highest BCUT2D eigenvalue weighted by Gasteiger charge is 2.54. The van der Waals surface area contributed by atoms with Crippen LogP contribution in [0.4, 0.5) is 29.3 Å². The van der Waals surface area contributed by atoms with E-state index in [1.54, 1.807) is 11.0 Å². The summed E-state index contributed by atoms with van der Waals surface area (Å²) in [6, 6.07) is 10.7. The highest BCUT2D eigenvalue weighted by atomic mass is 19.1. The van der Waals surface area contributed by atoms with Crippen LogP contribution in [0.2, 0.25) is 0 Å². The number of hydrogen-bond donors (Lipinski definition) is 1. The lowest BCUT2D eigenvalue weighted by Gasteiger charge is -2.32. The molecule has 328 valence electrons. The van der Waals surface area contributed by atoms with E-state index in [2.05, 4.69) is 10.3 Å². The predicted octanol–water partition coefficient (Wildman–Crippen LogP) is 4.65. The molecule has 4 aliphatic rings. The number of carbonyl (C=O) groups excluding carboxylic acids is 7. The zero-order valence-corrected chi connectivity index (χ0v) is 34.3. The SMILES string of the molecule is COc1c(C#N)ccc(N2C(=O)N(c3cnc(-c4ccc(OC5CCN(C(=O)COc6ccc7c(c6)C(=O)N(C6CCC(=O)NC6=O)C7=O)CC5)cc4F)c(F)c3)C(C)(C)C2=O)c1F. The van der Waals surface area contributed by atoms with Crippen molar-refractivity contribution in [3.8, 4) is 34.6 Å². The first kappa shape index (κ1) is 42.9. The molecular weight excluding hydrogens is 844 g/mol. The number of methoxy groups -OCH3 is 1. The van der Waals surface area contributed by atoms with Crippen LogP contribution in [0.5, 0.6) is 17.2 Å². The van der Waals surface area contributed by atoms with Crippen molar-refractivity contribution in [2.45, 2.75) is 57.2 Å². The summed E-state index contributed by atoms with van der Waals surface area (Å²) in [7, 11) is 1.13. The normalized spacial score (nSPS) is 18.6. The van der Waals surface area contributed by atoms with E-state index in [1.165, 1.54) is 50.2 Å². The van der Waals surface area contributed by atoms with E-state index in [0.717, 1.165) is 41.3 Å². The summed E-state index contributed by atoms with van der Waals surface area (Å²) in [5.41, 5.74) is -2.99. The molecule has 1 N–H and O–H groups in total. The molecule has 5 heterocycles. The number of likely N-dealkylation sites (tertiary alicyclic amines) is 1. The lowest BCUT2D eigenvalue weighted by Crippen LogP contribution is -2.54. The van der Waals surface area contributed by atoms with E-state index in [0.29, 0.717) is 17.7 Å². The Bertz CT molecular complexity index is 2750. The topological polar surface area (TPSA) is 209 Å². The van der Waals surface area contributed by atoms with Gasteiger partial charge in [-0.15, -0.1) is 0 Å². The first-order chi connectivity index (χ1) is 30.5. The minimum absolute atomic E-state index is 0.00979. The van der Waals surface area contributed by atoms with Gasteiger partial charge in [0.25, 0.3) is 23.6 Å². The maximum absolute atomic E-state index is 15.7. The Balaban J connectivity index is 0.864. The van der Waals surface area contributed by atoms with Crippen LogP contribution in [0.25, 0.3) is 11.3 Å². The number of ether oxygens (including phenoxy) is 3. The Kier molecular flexibility index (Phi) is 11.0. The molecule has 0 radical (unpaired) electrons. The van der Waals surface area contributed by atoms with Crippen molar-refractivity contribution >= 4 is 52.8 Å². The minimum atomic E-state index is -1.65. The molecule has 17 nitrogen and oxygen atoms in total. The first-order valence-electron chi connectivity index (χ1n) is 19.9. The molecule has 3 saturated heterocycles. The Morgan fingerprint density at radius 2 is 1.59 bits per heavy atom. The summed E-state index contributed by atoms with van der Waals surface area (Å²) in [6.45, 7) is 2.94. The lowest BCUT2D eigenvalue weighted by molar-refractivity contribution is -0.137. The zero-order chi connectivity index (χ0) is 45.8. The number of piperidine rings is 2. The number of hydrogen-bond acceptors (Lipinski definition) is 12. The number of fused-ring (bicyclic) bond motifs is 1. The number of carbonyl (C=O) groups is 7. The second-order valence-electron chi connectivity index (χ2n) is 15.7. The Hall–Kier alpha value is -7.82. The molecule has 64 heavy (non-hydrogen) atoms. The average molecular weight is 880 g/mol. The van der Waals surface area contributed by atoms with Crippen LogP contribution in [0, 0.1) is 28.8 Å². The van der Waals surface area contributed by atoms with Crippen molar-refractivity contribution in [1.82, 2.24) is 20.1 Å². The van der Waals surface area contributed by atoms with Crippen LogP contribution in [0.3, 0.4) is 0 Å². The monoisotopic (exact) mass is 879 g/mol. The number of pyridine rings is 1. The van der Waals surface area contributed by atoms with Gasteiger partial charge in [-0.2, -0.15) is 5.26 Å². The molecule has 0 aliphatic carbocycles. The van der Waals surface area contributed by atoms with Crippen molar-refractivity contribution in [3.05, 3.63) is 94.9 Å². The molecular formula is C44H36F3N7O10. The van der Waals surface area contributed by atoms with Gasteiger partial charge in [0, 0.05) is 50.0 Å². The number of imide groups is 3. The Morgan fingerprint density at radius 1 is 0.891 bits per heavy atom. The van der Waals surface area contributed by atoms with E-state index in [9.17, 15) is 38.8 Å². The molecule has 1 unspecified atom stereocenters. The number of amides is 8. The first-order valence-corrected chi connectivity index (χ1v) is 19.9. The van der Waals surface area contributed by atoms with Crippen LogP contribution in [0.15, 0.2) is 60.8 Å². The van der Waals surface area contributed by atoms with Crippen LogP contribution in [-0.4, -0.2) is 101 Å². The standard InChI is InChI=1S/C44H36F3N7O10/c1-44(2)42(60)53(32-9-4-22(19-48)38(62-3)36(32)47)43(61)54(44)23-16-31(46)37(49-20-23)28-8-6-26(18-30(28)45)64-24-12-14-51(15-13-24)35(56)21-63-25-5-7-27-29(17-25)41(59)52(40(27)58)33-10-11-34(55)50-39(33)57/h4-9,16-18,20,24,33H,10-15,21H2,1-3H3,(H,50,55,57). The van der Waals surface area contributed by atoms with Gasteiger partial charge in [-0.25, -0.2) is 22.9 Å². The maximum Gasteiger partial charge on any atom is 0.337 e. The summed E-state index contributed by atoms with van der Waals surface area (Å²) in [5.74, 6) is -6.99. The number of nitriles is 1. The smallest absolute Gasteiger partial charge is 0.337 e. The predicted molar refractivity (Wildman–Crippen MR) is 216 cm³/mol. The Labute approximate surface area is 361 Å². The highest BCUT2D eigenvalue weighted by Crippen LogP contribution is 2.41. The molecule has 8 rings (SSSR count). The quantitative estimate of drug-likeness (QED) is 0.171. The number of rotatable bonds is 10. The lowest BCUT2D eigenvalue weighted by atomic mass is 10.0. The summed E-state index contributed by atoms with van der Waals surface area (Å²) in [6.07, 6.45) is 1.45. The fourth-order valence-electron chi connectivity index (χ4n) is 8.15. The maximum atomic E-state index is 15.7. The molecule has 0 spiro atoms. The van der Waals surface area contributed by atoms with Gasteiger partial charge < -0.3 is 19.1 Å². The number of nitrogens with one attached hydrogen (secondary N) is 1. The minimum Gasteiger partial charge on any atom is -0.492 e. The van der Waals surface area contributed by atoms with Gasteiger partial charge in [-0.1, -0.05) is 0 Å². The number of benzene rings is 3. The van der Waals surface area contributed by atoms with Gasteiger partial charge in [0.15, 0.2) is 24.0 Å². The summed E-state index contributed by atoms with van der Waals surface area (Å²) >= 11 is 0. The molecule has 0 saturated carbocycles. The fourth-order valence-corrected chi connectivity index (χ4v) is 8.15. The van der Waals surface area contributed by atoms with E-state index in [-0.39, 0.29) is 77.9 Å². The molecule has 0 bridgehead atoms. The zero-order valence-electron chi connectivity index (χ0n) is 34.3. The van der Waals surface area contributed by atoms with Gasteiger partial charge in [-0.05, 0) is 62.7 Å². The number of nitrogens with zero attached hydrogens (tertiary/aromatic N) is 6. The number of aromatic nitrogens is 1. The molecule has 1 aromatic heterocycles. The van der Waals surface area contributed by atoms with Gasteiger partial charge in [0.2, 0.25) is 11.8 Å². The molecule has 20 heteroatoms. The second-order valence-corrected chi connectivity index (χ2v) is 15.7. The Morgan fingerprint density at radius 3 is 2.27 bits per heavy atom. The molecule has 4 aromatic rings. The van der Waals surface area contributed by atoms with Gasteiger partial charge in [-0.3, -0.25) is 48.9 Å². The molecule has 4 aliphatic heterocycles. The van der Waals surface area contributed by atoms with E-state index in [1.807, 2.05) is 0 Å². The van der Waals surface area contributed by atoms with E-state index < -0.39 is 87.8 Å². The summed E-state index contributed by atoms with van der Waals surface area (Å²) in [5, 5.41) is 11.4. The molecule has 8 amide bonds. The van der Waals surface area contributed by atoms with Crippen LogP contribution >= 0.6 is 0 Å². The molecule has 3 aromatic carbocycles. The third kappa shape index (κ3) is 7.37. The van der Waals surface area contributed by atoms with Crippen molar-refractivity contribution in [3.63, 3.8) is 0 Å². The highest BCUT2D eigenvalue weighted by molar-refractivity contribution is 6.30. The fraction of sp³-hybridized carbons (Fsp3) is 0.295. The van der Waals surface area contributed by atoms with Crippen LogP contribution < -0.4 is 29.3 Å². The summed E-state index contributed by atoms with van der Waals surface area (Å²) in [4.78, 5) is 98.2. The second kappa shape index (κ2) is 16.5. The number of urea groups is 1. The van der Waals surface area contributed by atoms with Gasteiger partial charge in [0.1, 0.15) is 46.8 Å². The largest absolute Gasteiger partial charge is 0.492 e. The van der Waals surface area contributed by atoms with Crippen molar-refractivity contribution < 1.29 is 60.9 Å². The van der Waals surface area contributed by atoms with E-state index in [4.69, 9.17) is 14.2 Å². The molecule has 1 atom stereocenters. The number of halogens is 3. The van der Waals surface area contributed by atoms with Crippen LogP contribution in [0.1, 0.15) is 65.8 Å². The van der Waals surface area contributed by atoms with Crippen molar-refractivity contribution in [1.29, 1.82) is 5.26 Å². The summed E-state index contributed by atoms with van der Waals surface area (Å²) < 4.78 is 63.3. The third-order valence-electron chi connectivity index (χ3n) is 11.5. The van der Waals surface area contributed by atoms with E-state index >= 15 is 13.2 Å².